The minimum absolute atomic E-state index is 0.0317. The van der Waals surface area contributed by atoms with Gasteiger partial charge in [0.25, 0.3) is 5.91 Å². The van der Waals surface area contributed by atoms with Crippen LogP contribution in [-0.2, 0) is 20.8 Å². The zero-order chi connectivity index (χ0) is 26.1. The number of rotatable bonds is 8. The molecule has 1 aromatic carbocycles. The van der Waals surface area contributed by atoms with Crippen LogP contribution in [0.15, 0.2) is 65.1 Å². The Labute approximate surface area is 229 Å². The predicted octanol–water partition coefficient (Wildman–Crippen LogP) is 3.06. The number of thioether (sulfide) groups is 2. The van der Waals surface area contributed by atoms with Crippen molar-refractivity contribution in [3.8, 4) is 0 Å². The molecule has 5 rings (SSSR count). The smallest absolute Gasteiger partial charge is 0.352 e. The minimum Gasteiger partial charge on any atom is -0.477 e. The highest BCUT2D eigenvalue weighted by Gasteiger charge is 2.53. The molecule has 10 nitrogen and oxygen atoms in total. The lowest BCUT2D eigenvalue weighted by atomic mass is 10.0. The van der Waals surface area contributed by atoms with E-state index in [-0.39, 0.29) is 17.4 Å². The zero-order valence-electron chi connectivity index (χ0n) is 18.9. The van der Waals surface area contributed by atoms with E-state index < -0.39 is 23.3 Å². The van der Waals surface area contributed by atoms with E-state index in [4.69, 9.17) is 23.2 Å². The molecule has 2 aromatic heterocycles. The molecule has 0 radical (unpaired) electrons. The highest BCUT2D eigenvalue weighted by molar-refractivity contribution is 8.00. The number of allylic oxidation sites excluding steroid dienone is 2. The Morgan fingerprint density at radius 1 is 1.30 bits per heavy atom. The van der Waals surface area contributed by atoms with Crippen LogP contribution in [0.1, 0.15) is 5.82 Å². The van der Waals surface area contributed by atoms with Gasteiger partial charge in [-0.05, 0) is 23.8 Å². The average Bonchev–Trinajstić information content (AvgIpc) is 3.30. The van der Waals surface area contributed by atoms with E-state index in [1.807, 2.05) is 0 Å². The molecule has 2 atom stereocenters. The fraction of sp³-hybridized carbons (Fsp3) is 0.217. The number of amides is 2. The lowest BCUT2D eigenvalue weighted by molar-refractivity contribution is -0.150. The van der Waals surface area contributed by atoms with Crippen molar-refractivity contribution < 1.29 is 19.5 Å². The Kier molecular flexibility index (Phi) is 7.43. The van der Waals surface area contributed by atoms with Crippen molar-refractivity contribution in [3.05, 3.63) is 76.1 Å². The van der Waals surface area contributed by atoms with Crippen LogP contribution in [0, 0.1) is 0 Å². The number of carboxylic acid groups (broad SMARTS) is 1. The summed E-state index contributed by atoms with van der Waals surface area (Å²) < 4.78 is 1.56. The van der Waals surface area contributed by atoms with Gasteiger partial charge in [0.1, 0.15) is 23.4 Å². The normalized spacial score (nSPS) is 19.3. The monoisotopic (exact) mass is 576 g/mol. The number of carbonyl (C=O) groups is 3. The summed E-state index contributed by atoms with van der Waals surface area (Å²) in [6.45, 7) is 0. The standard InChI is InChI=1S/C23H18Cl2N6O4S2/c24-13-4-5-14(25)15(8-13)36-10-18(32)28-19-21(33)31-20(23(34)35)12(9-37-22(19)31)2-1-3-16-27-17-6-7-26-11-30(17)29-16/h1-2,4-8,11,19,22H,3,9-10H2,(H,28,32)(H,34,35)/b2-1+. The van der Waals surface area contributed by atoms with Crippen LogP contribution < -0.4 is 5.32 Å². The number of aliphatic carboxylic acids is 1. The molecule has 1 fully saturated rings. The number of β-lactam (4-membered cyclic amide) rings is 1. The van der Waals surface area contributed by atoms with Crippen molar-refractivity contribution in [3.63, 3.8) is 0 Å². The molecule has 0 saturated carbocycles. The quantitative estimate of drug-likeness (QED) is 0.307. The van der Waals surface area contributed by atoms with Gasteiger partial charge in [0.2, 0.25) is 5.91 Å². The molecule has 14 heteroatoms. The summed E-state index contributed by atoms with van der Waals surface area (Å²) in [5.74, 6) is -1.07. The minimum atomic E-state index is -1.20. The van der Waals surface area contributed by atoms with Crippen molar-refractivity contribution in [2.45, 2.75) is 22.7 Å². The fourth-order valence-corrected chi connectivity index (χ4v) is 6.52. The van der Waals surface area contributed by atoms with Crippen molar-refractivity contribution in [2.75, 3.05) is 11.5 Å². The number of benzene rings is 1. The van der Waals surface area contributed by atoms with Crippen LogP contribution in [0.25, 0.3) is 5.65 Å². The number of hydrogen-bond donors (Lipinski definition) is 2. The zero-order valence-corrected chi connectivity index (χ0v) is 22.0. The van der Waals surface area contributed by atoms with Gasteiger partial charge in [-0.3, -0.25) is 14.5 Å². The van der Waals surface area contributed by atoms with Crippen molar-refractivity contribution in [1.29, 1.82) is 0 Å². The van der Waals surface area contributed by atoms with Crippen LogP contribution in [-0.4, -0.2) is 70.3 Å². The Bertz CT molecular complexity index is 1440. The summed E-state index contributed by atoms with van der Waals surface area (Å²) in [5, 5.41) is 17.4. The predicted molar refractivity (Wildman–Crippen MR) is 140 cm³/mol. The van der Waals surface area contributed by atoms with E-state index in [1.54, 1.807) is 53.5 Å². The number of fused-ring (bicyclic) bond motifs is 2. The maximum atomic E-state index is 12.9. The van der Waals surface area contributed by atoms with Crippen LogP contribution >= 0.6 is 46.7 Å². The van der Waals surface area contributed by atoms with E-state index in [0.29, 0.717) is 44.2 Å². The number of nitrogens with one attached hydrogen (secondary N) is 1. The van der Waals surface area contributed by atoms with Gasteiger partial charge in [-0.1, -0.05) is 35.4 Å². The maximum absolute atomic E-state index is 12.9. The van der Waals surface area contributed by atoms with E-state index in [9.17, 15) is 19.5 Å². The van der Waals surface area contributed by atoms with E-state index in [2.05, 4.69) is 20.4 Å². The summed E-state index contributed by atoms with van der Waals surface area (Å²) in [6, 6.07) is 5.90. The third-order valence-electron chi connectivity index (χ3n) is 5.58. The first kappa shape index (κ1) is 25.6. The van der Waals surface area contributed by atoms with Crippen LogP contribution in [0.5, 0.6) is 0 Å². The Morgan fingerprint density at radius 2 is 2.14 bits per heavy atom. The van der Waals surface area contributed by atoms with Gasteiger partial charge in [0.15, 0.2) is 11.5 Å². The molecule has 0 spiro atoms. The number of nitrogens with zero attached hydrogens (tertiary/aromatic N) is 5. The third kappa shape index (κ3) is 5.33. The average molecular weight is 577 g/mol. The van der Waals surface area contributed by atoms with Crippen LogP contribution in [0.3, 0.4) is 0 Å². The number of carboxylic acids is 1. The molecule has 4 heterocycles. The molecule has 0 bridgehead atoms. The summed E-state index contributed by atoms with van der Waals surface area (Å²) in [6.07, 6.45) is 7.00. The highest BCUT2D eigenvalue weighted by atomic mass is 35.5. The van der Waals surface area contributed by atoms with Gasteiger partial charge < -0.3 is 10.4 Å². The summed E-state index contributed by atoms with van der Waals surface area (Å²) in [4.78, 5) is 47.7. The molecule has 2 aliphatic rings. The summed E-state index contributed by atoms with van der Waals surface area (Å²) in [7, 11) is 0. The van der Waals surface area contributed by atoms with Crippen molar-refractivity contribution in [1.82, 2.24) is 29.8 Å². The maximum Gasteiger partial charge on any atom is 0.352 e. The van der Waals surface area contributed by atoms with Crippen LogP contribution in [0.2, 0.25) is 10.0 Å². The number of hydrogen-bond acceptors (Lipinski definition) is 8. The first-order valence-corrected chi connectivity index (χ1v) is 13.7. The molecule has 190 valence electrons. The van der Waals surface area contributed by atoms with E-state index in [1.165, 1.54) is 28.4 Å². The van der Waals surface area contributed by atoms with Gasteiger partial charge in [0, 0.05) is 34.4 Å². The Balaban J connectivity index is 1.23. The lowest BCUT2D eigenvalue weighted by Gasteiger charge is -2.49. The van der Waals surface area contributed by atoms with E-state index in [0.717, 1.165) is 0 Å². The molecule has 37 heavy (non-hydrogen) atoms. The second-order valence-corrected chi connectivity index (χ2v) is 11.0. The van der Waals surface area contributed by atoms with Gasteiger partial charge in [-0.2, -0.15) is 0 Å². The molecular formula is C23H18Cl2N6O4S2. The van der Waals surface area contributed by atoms with Crippen LogP contribution in [0.4, 0.5) is 0 Å². The second kappa shape index (κ2) is 10.7. The largest absolute Gasteiger partial charge is 0.477 e. The van der Waals surface area contributed by atoms with Crippen molar-refractivity contribution >= 4 is 70.2 Å². The molecule has 2 N–H and O–H groups in total. The molecule has 1 saturated heterocycles. The van der Waals surface area contributed by atoms with E-state index >= 15 is 0 Å². The molecule has 3 aromatic rings. The topological polar surface area (TPSA) is 130 Å². The highest BCUT2D eigenvalue weighted by Crippen LogP contribution is 2.40. The van der Waals surface area contributed by atoms with Gasteiger partial charge >= 0.3 is 5.97 Å². The van der Waals surface area contributed by atoms with Gasteiger partial charge in [-0.25, -0.2) is 19.3 Å². The summed E-state index contributed by atoms with van der Waals surface area (Å²) >= 11 is 14.7. The number of carbonyl (C=O) groups excluding carboxylic acids is 2. The number of halogens is 2. The lowest BCUT2D eigenvalue weighted by Crippen LogP contribution is -2.70. The molecule has 0 aliphatic carbocycles. The van der Waals surface area contributed by atoms with Crippen molar-refractivity contribution in [2.24, 2.45) is 0 Å². The second-order valence-electron chi connectivity index (χ2n) is 8.01. The molecule has 2 aliphatic heterocycles. The first-order chi connectivity index (χ1) is 17.8. The SMILES string of the molecule is O=C(CSc1cc(Cl)ccc1Cl)NC1C(=O)N2C(C(=O)O)=C(/C=C/Cc3nc4ccncn4n3)CSC12. The first-order valence-electron chi connectivity index (χ1n) is 10.9. The number of aromatic nitrogens is 4. The Morgan fingerprint density at radius 3 is 2.92 bits per heavy atom. The van der Waals surface area contributed by atoms with Gasteiger partial charge in [0.05, 0.1) is 10.8 Å². The van der Waals surface area contributed by atoms with Gasteiger partial charge in [-0.15, -0.1) is 28.6 Å². The fourth-order valence-electron chi connectivity index (χ4n) is 3.90. The third-order valence-corrected chi connectivity index (χ3v) is 8.61. The Hall–Kier alpha value is -3.06. The molecule has 2 unspecified atom stereocenters. The summed E-state index contributed by atoms with van der Waals surface area (Å²) in [5.41, 5.74) is 1.08. The molecule has 2 amide bonds. The molecular weight excluding hydrogens is 559 g/mol.